The van der Waals surface area contributed by atoms with Crippen molar-refractivity contribution in [3.05, 3.63) is 71.3 Å². The van der Waals surface area contributed by atoms with Gasteiger partial charge >= 0.3 is 5.92 Å². The highest BCUT2D eigenvalue weighted by atomic mass is 127. The monoisotopic (exact) mass is 493 g/mol. The zero-order valence-electron chi connectivity index (χ0n) is 13.5. The highest BCUT2D eigenvalue weighted by Gasteiger charge is 2.57. The van der Waals surface area contributed by atoms with Crippen LogP contribution in [0.3, 0.4) is 0 Å². The van der Waals surface area contributed by atoms with Crippen molar-refractivity contribution < 1.29 is 22.7 Å². The van der Waals surface area contributed by atoms with E-state index in [-0.39, 0.29) is 0 Å². The molecule has 1 aromatic carbocycles. The second kappa shape index (κ2) is 7.46. The van der Waals surface area contributed by atoms with Gasteiger partial charge in [0.05, 0.1) is 12.7 Å². The molecule has 27 heavy (non-hydrogen) atoms. The standard InChI is InChI=1S/C16H12F4IN5O/c17-11-2-4-14(22-7-11)16(19,20)15(27,8-26-9-23-24-25-26)12-3-1-10(6-21)5-13(12)18/h1-5,7,9,27H,6,8H2. The van der Waals surface area contributed by atoms with Gasteiger partial charge in [-0.2, -0.15) is 8.78 Å². The highest BCUT2D eigenvalue weighted by Crippen LogP contribution is 2.46. The Kier molecular flexibility index (Phi) is 5.42. The number of aliphatic hydroxyl groups is 1. The second-order valence-corrected chi connectivity index (χ2v) is 6.51. The van der Waals surface area contributed by atoms with Crippen LogP contribution in [0.1, 0.15) is 16.8 Å². The summed E-state index contributed by atoms with van der Waals surface area (Å²) in [4.78, 5) is 3.36. The van der Waals surface area contributed by atoms with Crippen molar-refractivity contribution in [2.24, 2.45) is 0 Å². The summed E-state index contributed by atoms with van der Waals surface area (Å²) in [6, 6.07) is 5.11. The molecule has 142 valence electrons. The molecule has 1 atom stereocenters. The van der Waals surface area contributed by atoms with Gasteiger partial charge in [0.1, 0.15) is 23.7 Å². The van der Waals surface area contributed by atoms with Crippen molar-refractivity contribution in [2.75, 3.05) is 0 Å². The smallest absolute Gasteiger partial charge is 0.323 e. The Morgan fingerprint density at radius 2 is 1.93 bits per heavy atom. The number of halogens is 5. The molecule has 3 rings (SSSR count). The minimum absolute atomic E-state index is 0.455. The minimum Gasteiger partial charge on any atom is -0.377 e. The maximum Gasteiger partial charge on any atom is 0.323 e. The Morgan fingerprint density at radius 1 is 1.15 bits per heavy atom. The van der Waals surface area contributed by atoms with Gasteiger partial charge in [0.15, 0.2) is 5.60 Å². The fraction of sp³-hybridized carbons (Fsp3) is 0.250. The molecule has 6 nitrogen and oxygen atoms in total. The van der Waals surface area contributed by atoms with Crippen LogP contribution in [0.5, 0.6) is 0 Å². The summed E-state index contributed by atoms with van der Waals surface area (Å²) < 4.78 is 59.6. The van der Waals surface area contributed by atoms with Crippen LogP contribution in [0.15, 0.2) is 42.9 Å². The van der Waals surface area contributed by atoms with Crippen molar-refractivity contribution in [3.63, 3.8) is 0 Å². The molecule has 0 bridgehead atoms. The molecule has 1 N–H and O–H groups in total. The summed E-state index contributed by atoms with van der Waals surface area (Å²) in [6.07, 6.45) is 1.60. The predicted octanol–water partition coefficient (Wildman–Crippen LogP) is 2.96. The number of benzene rings is 1. The molecular weight excluding hydrogens is 481 g/mol. The van der Waals surface area contributed by atoms with Crippen molar-refractivity contribution >= 4 is 22.6 Å². The lowest BCUT2D eigenvalue weighted by Crippen LogP contribution is -2.48. The summed E-state index contributed by atoms with van der Waals surface area (Å²) in [5, 5.41) is 21.1. The van der Waals surface area contributed by atoms with E-state index in [2.05, 4.69) is 20.5 Å². The molecule has 11 heteroatoms. The lowest BCUT2D eigenvalue weighted by Gasteiger charge is -2.35. The quantitative estimate of drug-likeness (QED) is 0.325. The summed E-state index contributed by atoms with van der Waals surface area (Å²) in [7, 11) is 0. The molecule has 1 unspecified atom stereocenters. The molecule has 0 spiro atoms. The minimum atomic E-state index is -4.08. The van der Waals surface area contributed by atoms with Crippen LogP contribution in [0.4, 0.5) is 17.6 Å². The Morgan fingerprint density at radius 3 is 2.48 bits per heavy atom. The number of rotatable bonds is 6. The van der Waals surface area contributed by atoms with E-state index in [1.54, 1.807) is 0 Å². The third kappa shape index (κ3) is 3.65. The van der Waals surface area contributed by atoms with Gasteiger partial charge in [-0.15, -0.1) is 5.10 Å². The number of hydrogen-bond acceptors (Lipinski definition) is 5. The van der Waals surface area contributed by atoms with Gasteiger partial charge in [-0.25, -0.2) is 13.5 Å². The van der Waals surface area contributed by atoms with Gasteiger partial charge in [-0.3, -0.25) is 4.98 Å². The third-order valence-corrected chi connectivity index (χ3v) is 4.86. The number of hydrogen-bond donors (Lipinski definition) is 1. The molecule has 0 fully saturated rings. The molecule has 0 aliphatic carbocycles. The first kappa shape index (κ1) is 19.6. The topological polar surface area (TPSA) is 76.7 Å². The van der Waals surface area contributed by atoms with Crippen LogP contribution in [0, 0.1) is 11.6 Å². The second-order valence-electron chi connectivity index (χ2n) is 5.75. The van der Waals surface area contributed by atoms with Gasteiger partial charge in [0.25, 0.3) is 0 Å². The van der Waals surface area contributed by atoms with E-state index in [0.717, 1.165) is 35.3 Å². The maximum atomic E-state index is 15.3. The van der Waals surface area contributed by atoms with Gasteiger partial charge in [-0.05, 0) is 34.2 Å². The molecule has 2 heterocycles. The lowest BCUT2D eigenvalue weighted by atomic mass is 9.84. The Hall–Kier alpha value is -2.15. The first-order valence-corrected chi connectivity index (χ1v) is 9.08. The van der Waals surface area contributed by atoms with Crippen molar-refractivity contribution in [1.29, 1.82) is 0 Å². The van der Waals surface area contributed by atoms with Crippen molar-refractivity contribution in [2.45, 2.75) is 22.5 Å². The van der Waals surface area contributed by atoms with Crippen molar-refractivity contribution in [1.82, 2.24) is 25.2 Å². The van der Waals surface area contributed by atoms with Gasteiger partial charge in [0, 0.05) is 9.99 Å². The molecule has 3 aromatic rings. The van der Waals surface area contributed by atoms with Crippen LogP contribution < -0.4 is 0 Å². The van der Waals surface area contributed by atoms with Gasteiger partial charge in [0.2, 0.25) is 0 Å². The fourth-order valence-corrected chi connectivity index (χ4v) is 3.07. The zero-order valence-corrected chi connectivity index (χ0v) is 15.7. The normalized spacial score (nSPS) is 14.1. The van der Waals surface area contributed by atoms with E-state index < -0.39 is 41.0 Å². The van der Waals surface area contributed by atoms with Gasteiger partial charge < -0.3 is 5.11 Å². The molecule has 0 aliphatic rings. The van der Waals surface area contributed by atoms with Gasteiger partial charge in [-0.1, -0.05) is 34.7 Å². The predicted molar refractivity (Wildman–Crippen MR) is 93.9 cm³/mol. The average Bonchev–Trinajstić information content (AvgIpc) is 3.14. The number of alkyl halides is 3. The molecule has 0 aliphatic heterocycles. The first-order chi connectivity index (χ1) is 12.8. The summed E-state index contributed by atoms with van der Waals surface area (Å²) in [6.45, 7) is -0.855. The number of nitrogens with zero attached hydrogens (tertiary/aromatic N) is 5. The lowest BCUT2D eigenvalue weighted by molar-refractivity contribution is -0.207. The number of aromatic nitrogens is 5. The fourth-order valence-electron chi connectivity index (χ4n) is 2.59. The SMILES string of the molecule is OC(Cn1cnnn1)(c1ccc(CI)cc1F)C(F)(F)c1ccc(F)cn1. The first-order valence-electron chi connectivity index (χ1n) is 7.56. The maximum absolute atomic E-state index is 15.3. The van der Waals surface area contributed by atoms with Crippen LogP contribution in [-0.4, -0.2) is 30.3 Å². The van der Waals surface area contributed by atoms with Crippen LogP contribution in [-0.2, 0) is 22.5 Å². The molecule has 0 amide bonds. The Bertz CT molecular complexity index is 923. The third-order valence-electron chi connectivity index (χ3n) is 3.98. The van der Waals surface area contributed by atoms with E-state index >= 15 is 8.78 Å². The zero-order chi connectivity index (χ0) is 19.7. The van der Waals surface area contributed by atoms with E-state index in [1.807, 2.05) is 22.6 Å². The average molecular weight is 493 g/mol. The highest BCUT2D eigenvalue weighted by molar-refractivity contribution is 14.1. The van der Waals surface area contributed by atoms with Crippen LogP contribution >= 0.6 is 22.6 Å². The van der Waals surface area contributed by atoms with E-state index in [0.29, 0.717) is 16.2 Å². The van der Waals surface area contributed by atoms with Crippen molar-refractivity contribution in [3.8, 4) is 0 Å². The van der Waals surface area contributed by atoms with E-state index in [1.165, 1.54) is 6.07 Å². The molecule has 0 saturated carbocycles. The summed E-state index contributed by atoms with van der Waals surface area (Å²) in [5.74, 6) is -5.92. The van der Waals surface area contributed by atoms with Crippen LogP contribution in [0.2, 0.25) is 0 Å². The van der Waals surface area contributed by atoms with E-state index in [9.17, 15) is 13.9 Å². The Labute approximate surface area is 164 Å². The molecule has 0 radical (unpaired) electrons. The molecule has 2 aromatic heterocycles. The summed E-state index contributed by atoms with van der Waals surface area (Å²) >= 11 is 2.00. The largest absolute Gasteiger partial charge is 0.377 e. The Balaban J connectivity index is 2.16. The molecular formula is C16H12F4IN5O. The summed E-state index contributed by atoms with van der Waals surface area (Å²) in [5.41, 5.74) is -4.09. The number of pyridine rings is 1. The van der Waals surface area contributed by atoms with E-state index in [4.69, 9.17) is 0 Å². The molecule has 0 saturated heterocycles. The number of tetrazole rings is 1. The van der Waals surface area contributed by atoms with Crippen LogP contribution in [0.25, 0.3) is 0 Å².